The third-order valence-corrected chi connectivity index (χ3v) is 4.15. The van der Waals surface area contributed by atoms with Crippen LogP contribution >= 0.6 is 12.4 Å². The Balaban J connectivity index is 0.00000162. The molecule has 0 aromatic carbocycles. The molecule has 1 amide bonds. The molecule has 4 nitrogen and oxygen atoms in total. The highest BCUT2D eigenvalue weighted by Gasteiger charge is 2.32. The first-order chi connectivity index (χ1) is 8.20. The molecule has 0 aliphatic carbocycles. The summed E-state index contributed by atoms with van der Waals surface area (Å²) in [5.41, 5.74) is 6.14. The topological polar surface area (TPSA) is 55.6 Å². The number of rotatable bonds is 2. The molecule has 106 valence electrons. The summed E-state index contributed by atoms with van der Waals surface area (Å²) in [6, 6.07) is 0.0431. The van der Waals surface area contributed by atoms with Crippen molar-refractivity contribution in [2.75, 3.05) is 19.8 Å². The molecule has 2 rings (SSSR count). The second kappa shape index (κ2) is 7.31. The lowest BCUT2D eigenvalue weighted by atomic mass is 9.90. The lowest BCUT2D eigenvalue weighted by Crippen LogP contribution is -2.53. The molecule has 2 saturated heterocycles. The average Bonchev–Trinajstić information content (AvgIpc) is 2.39. The van der Waals surface area contributed by atoms with Gasteiger partial charge in [0.2, 0.25) is 5.91 Å². The molecule has 0 saturated carbocycles. The molecule has 2 atom stereocenters. The fraction of sp³-hybridized carbons (Fsp3) is 0.923. The fourth-order valence-corrected chi connectivity index (χ4v) is 2.89. The number of carbonyl (C=O) groups excluding carboxylic acids is 1. The second-order valence-electron chi connectivity index (χ2n) is 5.35. The second-order valence-corrected chi connectivity index (χ2v) is 5.35. The van der Waals surface area contributed by atoms with Crippen molar-refractivity contribution in [3.8, 4) is 0 Å². The van der Waals surface area contributed by atoms with Gasteiger partial charge in [-0.15, -0.1) is 12.4 Å². The van der Waals surface area contributed by atoms with Crippen LogP contribution in [0.15, 0.2) is 0 Å². The maximum atomic E-state index is 12.4. The Kier molecular flexibility index (Phi) is 6.39. The Morgan fingerprint density at radius 2 is 1.94 bits per heavy atom. The van der Waals surface area contributed by atoms with Crippen LogP contribution in [0.3, 0.4) is 0 Å². The summed E-state index contributed by atoms with van der Waals surface area (Å²) in [7, 11) is 0. The predicted octanol–water partition coefficient (Wildman–Crippen LogP) is 1.56. The fourth-order valence-electron chi connectivity index (χ4n) is 2.89. The van der Waals surface area contributed by atoms with Crippen LogP contribution in [-0.2, 0) is 9.53 Å². The minimum atomic E-state index is -0.320. The van der Waals surface area contributed by atoms with Crippen LogP contribution in [0.25, 0.3) is 0 Å². The Hall–Kier alpha value is -0.320. The van der Waals surface area contributed by atoms with Crippen molar-refractivity contribution in [1.29, 1.82) is 0 Å². The smallest absolute Gasteiger partial charge is 0.240 e. The first-order valence-electron chi connectivity index (χ1n) is 6.84. The van der Waals surface area contributed by atoms with Gasteiger partial charge in [-0.2, -0.15) is 0 Å². The molecular weight excluding hydrogens is 252 g/mol. The van der Waals surface area contributed by atoms with Gasteiger partial charge in [-0.25, -0.2) is 0 Å². The number of hydrogen-bond donors (Lipinski definition) is 1. The quantitative estimate of drug-likeness (QED) is 0.833. The van der Waals surface area contributed by atoms with Crippen molar-refractivity contribution in [3.05, 3.63) is 0 Å². The van der Waals surface area contributed by atoms with E-state index in [-0.39, 0.29) is 24.4 Å². The number of nitrogens with zero attached hydrogens (tertiary/aromatic N) is 1. The lowest BCUT2D eigenvalue weighted by molar-refractivity contribution is -0.138. The molecule has 2 aliphatic heterocycles. The first-order valence-corrected chi connectivity index (χ1v) is 6.84. The summed E-state index contributed by atoms with van der Waals surface area (Å²) in [5.74, 6) is 0.467. The van der Waals surface area contributed by atoms with E-state index in [1.54, 1.807) is 0 Å². The Bertz CT molecular complexity index is 270. The summed E-state index contributed by atoms with van der Waals surface area (Å²) in [4.78, 5) is 14.4. The van der Waals surface area contributed by atoms with Crippen molar-refractivity contribution in [3.63, 3.8) is 0 Å². The van der Waals surface area contributed by atoms with Gasteiger partial charge in [-0.1, -0.05) is 0 Å². The zero-order valence-electron chi connectivity index (χ0n) is 11.1. The Labute approximate surface area is 116 Å². The lowest BCUT2D eigenvalue weighted by Gasteiger charge is -2.37. The summed E-state index contributed by atoms with van der Waals surface area (Å²) in [5, 5.41) is 0. The molecule has 0 bridgehead atoms. The molecule has 0 aromatic heterocycles. The van der Waals surface area contributed by atoms with E-state index in [9.17, 15) is 4.79 Å². The van der Waals surface area contributed by atoms with Gasteiger partial charge >= 0.3 is 0 Å². The van der Waals surface area contributed by atoms with E-state index in [4.69, 9.17) is 10.5 Å². The number of likely N-dealkylation sites (tertiary alicyclic amines) is 1. The minimum Gasteiger partial charge on any atom is -0.381 e. The first kappa shape index (κ1) is 15.7. The van der Waals surface area contributed by atoms with Crippen molar-refractivity contribution in [1.82, 2.24) is 4.90 Å². The molecule has 5 heteroatoms. The van der Waals surface area contributed by atoms with Crippen LogP contribution in [0.2, 0.25) is 0 Å². The minimum absolute atomic E-state index is 0. The van der Waals surface area contributed by atoms with Gasteiger partial charge in [0.1, 0.15) is 0 Å². The average molecular weight is 277 g/mol. The van der Waals surface area contributed by atoms with Gasteiger partial charge in [-0.3, -0.25) is 4.79 Å². The molecule has 2 fully saturated rings. The van der Waals surface area contributed by atoms with Crippen molar-refractivity contribution < 1.29 is 9.53 Å². The van der Waals surface area contributed by atoms with E-state index in [0.29, 0.717) is 12.0 Å². The molecule has 0 aromatic rings. The molecule has 18 heavy (non-hydrogen) atoms. The van der Waals surface area contributed by atoms with Crippen LogP contribution in [0.5, 0.6) is 0 Å². The number of halogens is 1. The third-order valence-electron chi connectivity index (χ3n) is 4.15. The Morgan fingerprint density at radius 3 is 2.56 bits per heavy atom. The highest BCUT2D eigenvalue weighted by Crippen LogP contribution is 2.22. The number of nitrogens with two attached hydrogens (primary N) is 1. The summed E-state index contributed by atoms with van der Waals surface area (Å²) in [6.07, 6.45) is 5.32. The van der Waals surface area contributed by atoms with Crippen LogP contribution in [0.1, 0.15) is 39.0 Å². The highest BCUT2D eigenvalue weighted by molar-refractivity contribution is 5.85. The van der Waals surface area contributed by atoms with E-state index in [2.05, 4.69) is 6.92 Å². The van der Waals surface area contributed by atoms with E-state index in [1.165, 1.54) is 6.42 Å². The van der Waals surface area contributed by atoms with E-state index in [0.717, 1.165) is 45.4 Å². The number of ether oxygens (including phenoxy) is 1. The number of carbonyl (C=O) groups is 1. The summed E-state index contributed by atoms with van der Waals surface area (Å²) < 4.78 is 5.32. The van der Waals surface area contributed by atoms with Gasteiger partial charge in [0, 0.05) is 25.8 Å². The SMILES string of the molecule is CC1CCCCN1C(=O)C(N)C1CCOCC1.Cl. The van der Waals surface area contributed by atoms with E-state index < -0.39 is 0 Å². The van der Waals surface area contributed by atoms with Crippen LogP contribution in [0, 0.1) is 5.92 Å². The van der Waals surface area contributed by atoms with Gasteiger partial charge in [0.25, 0.3) is 0 Å². The molecule has 0 radical (unpaired) electrons. The van der Waals surface area contributed by atoms with E-state index >= 15 is 0 Å². The van der Waals surface area contributed by atoms with Crippen molar-refractivity contribution in [2.24, 2.45) is 11.7 Å². The highest BCUT2D eigenvalue weighted by atomic mass is 35.5. The van der Waals surface area contributed by atoms with Crippen LogP contribution in [-0.4, -0.2) is 42.6 Å². The monoisotopic (exact) mass is 276 g/mol. The van der Waals surface area contributed by atoms with Gasteiger partial charge in [0.15, 0.2) is 0 Å². The largest absolute Gasteiger partial charge is 0.381 e. The van der Waals surface area contributed by atoms with Crippen LogP contribution < -0.4 is 5.73 Å². The standard InChI is InChI=1S/C13H24N2O2.ClH/c1-10-4-2-3-7-15(10)13(16)12(14)11-5-8-17-9-6-11;/h10-12H,2-9,14H2,1H3;1H. The molecule has 2 heterocycles. The molecular formula is C13H25ClN2O2. The van der Waals surface area contributed by atoms with Gasteiger partial charge < -0.3 is 15.4 Å². The third kappa shape index (κ3) is 3.59. The zero-order valence-corrected chi connectivity index (χ0v) is 12.0. The predicted molar refractivity (Wildman–Crippen MR) is 73.8 cm³/mol. The molecule has 0 spiro atoms. The number of amides is 1. The molecule has 2 aliphatic rings. The number of piperidine rings is 1. The maximum absolute atomic E-state index is 12.4. The van der Waals surface area contributed by atoms with Crippen molar-refractivity contribution in [2.45, 2.75) is 51.1 Å². The number of hydrogen-bond acceptors (Lipinski definition) is 3. The van der Waals surface area contributed by atoms with Crippen LogP contribution in [0.4, 0.5) is 0 Å². The summed E-state index contributed by atoms with van der Waals surface area (Å²) >= 11 is 0. The molecule has 2 unspecified atom stereocenters. The Morgan fingerprint density at radius 1 is 1.28 bits per heavy atom. The van der Waals surface area contributed by atoms with E-state index in [1.807, 2.05) is 4.90 Å². The molecule has 2 N–H and O–H groups in total. The zero-order chi connectivity index (χ0) is 12.3. The maximum Gasteiger partial charge on any atom is 0.240 e. The van der Waals surface area contributed by atoms with Gasteiger partial charge in [-0.05, 0) is 44.9 Å². The normalized spacial score (nSPS) is 27.4. The summed E-state index contributed by atoms with van der Waals surface area (Å²) in [6.45, 7) is 4.52. The van der Waals surface area contributed by atoms with Gasteiger partial charge in [0.05, 0.1) is 6.04 Å². The van der Waals surface area contributed by atoms with Crippen molar-refractivity contribution >= 4 is 18.3 Å².